The maximum atomic E-state index is 12.7. The molecule has 28 heavy (non-hydrogen) atoms. The summed E-state index contributed by atoms with van der Waals surface area (Å²) in [6, 6.07) is 23.4. The predicted molar refractivity (Wildman–Crippen MR) is 114 cm³/mol. The van der Waals surface area contributed by atoms with E-state index in [1.54, 1.807) is 18.2 Å². The standard InChI is InChI=1S/C21H19BrN2O3S/c1-24(28(26,27)18-13-11-17(22)12-14-18)15-21(25)23-20-10-6-5-9-19(20)16-7-3-2-4-8-16/h2-14H,15H2,1H3,(H,23,25). The molecule has 0 atom stereocenters. The summed E-state index contributed by atoms with van der Waals surface area (Å²) in [7, 11) is -2.36. The number of nitrogens with one attached hydrogen (secondary N) is 1. The minimum absolute atomic E-state index is 0.135. The van der Waals surface area contributed by atoms with Crippen LogP contribution in [0.5, 0.6) is 0 Å². The van der Waals surface area contributed by atoms with Gasteiger partial charge in [0.15, 0.2) is 0 Å². The van der Waals surface area contributed by atoms with Crippen LogP contribution in [-0.4, -0.2) is 32.2 Å². The molecule has 0 spiro atoms. The molecule has 0 aliphatic rings. The largest absolute Gasteiger partial charge is 0.324 e. The summed E-state index contributed by atoms with van der Waals surface area (Å²) in [5.41, 5.74) is 2.47. The van der Waals surface area contributed by atoms with E-state index >= 15 is 0 Å². The molecule has 0 aromatic heterocycles. The van der Waals surface area contributed by atoms with Gasteiger partial charge in [-0.25, -0.2) is 8.42 Å². The minimum atomic E-state index is -3.75. The van der Waals surface area contributed by atoms with E-state index in [2.05, 4.69) is 21.2 Å². The third-order valence-corrected chi connectivity index (χ3v) is 6.52. The highest BCUT2D eigenvalue weighted by atomic mass is 79.9. The Labute approximate surface area is 173 Å². The molecule has 0 bridgehead atoms. The fourth-order valence-electron chi connectivity index (χ4n) is 2.73. The average Bonchev–Trinajstić information content (AvgIpc) is 2.69. The number of nitrogens with zero attached hydrogens (tertiary/aromatic N) is 1. The van der Waals surface area contributed by atoms with Crippen LogP contribution in [0.2, 0.25) is 0 Å². The zero-order valence-electron chi connectivity index (χ0n) is 15.2. The SMILES string of the molecule is CN(CC(=O)Nc1ccccc1-c1ccccc1)S(=O)(=O)c1ccc(Br)cc1. The lowest BCUT2D eigenvalue weighted by molar-refractivity contribution is -0.116. The molecule has 7 heteroatoms. The first-order valence-electron chi connectivity index (χ1n) is 8.54. The summed E-state index contributed by atoms with van der Waals surface area (Å²) in [4.78, 5) is 12.6. The van der Waals surface area contributed by atoms with Crippen LogP contribution < -0.4 is 5.32 Å². The number of benzene rings is 3. The van der Waals surface area contributed by atoms with Crippen LogP contribution in [0.4, 0.5) is 5.69 Å². The Bertz CT molecular complexity index is 1070. The van der Waals surface area contributed by atoms with Crippen molar-refractivity contribution >= 4 is 37.5 Å². The second kappa shape index (κ2) is 8.68. The van der Waals surface area contributed by atoms with E-state index in [4.69, 9.17) is 0 Å². The molecule has 0 radical (unpaired) electrons. The fraction of sp³-hybridized carbons (Fsp3) is 0.0952. The molecule has 0 aliphatic carbocycles. The maximum absolute atomic E-state index is 12.7. The van der Waals surface area contributed by atoms with Gasteiger partial charge in [0.05, 0.1) is 11.4 Å². The maximum Gasteiger partial charge on any atom is 0.243 e. The zero-order chi connectivity index (χ0) is 20.1. The first-order valence-corrected chi connectivity index (χ1v) is 10.8. The Balaban J connectivity index is 1.75. The fourth-order valence-corrected chi connectivity index (χ4v) is 4.12. The monoisotopic (exact) mass is 458 g/mol. The van der Waals surface area contributed by atoms with Crippen LogP contribution in [0.1, 0.15) is 0 Å². The number of anilines is 1. The Hall–Kier alpha value is -2.48. The molecule has 5 nitrogen and oxygen atoms in total. The van der Waals surface area contributed by atoms with Crippen molar-refractivity contribution in [3.63, 3.8) is 0 Å². The number of hydrogen-bond acceptors (Lipinski definition) is 3. The Morgan fingerprint density at radius 1 is 0.929 bits per heavy atom. The number of para-hydroxylation sites is 1. The summed E-state index contributed by atoms with van der Waals surface area (Å²) in [6.07, 6.45) is 0. The van der Waals surface area contributed by atoms with Crippen LogP contribution in [0.25, 0.3) is 11.1 Å². The highest BCUT2D eigenvalue weighted by Gasteiger charge is 2.23. The minimum Gasteiger partial charge on any atom is -0.324 e. The number of carbonyl (C=O) groups is 1. The van der Waals surface area contributed by atoms with Gasteiger partial charge in [0.1, 0.15) is 0 Å². The Kier molecular flexibility index (Phi) is 6.28. The van der Waals surface area contributed by atoms with Crippen molar-refractivity contribution < 1.29 is 13.2 Å². The quantitative estimate of drug-likeness (QED) is 0.595. The van der Waals surface area contributed by atoms with E-state index in [1.165, 1.54) is 19.2 Å². The summed E-state index contributed by atoms with van der Waals surface area (Å²) < 4.78 is 27.1. The van der Waals surface area contributed by atoms with Gasteiger partial charge in [0.25, 0.3) is 0 Å². The van der Waals surface area contributed by atoms with Crippen molar-refractivity contribution in [2.75, 3.05) is 18.9 Å². The number of carbonyl (C=O) groups excluding carboxylic acids is 1. The smallest absolute Gasteiger partial charge is 0.243 e. The molecule has 0 fully saturated rings. The van der Waals surface area contributed by atoms with Crippen molar-refractivity contribution in [2.45, 2.75) is 4.90 Å². The van der Waals surface area contributed by atoms with Crippen molar-refractivity contribution in [2.24, 2.45) is 0 Å². The van der Waals surface area contributed by atoms with Gasteiger partial charge in [-0.1, -0.05) is 64.5 Å². The second-order valence-corrected chi connectivity index (χ2v) is 9.14. The third-order valence-electron chi connectivity index (χ3n) is 4.17. The van der Waals surface area contributed by atoms with Gasteiger partial charge in [-0.2, -0.15) is 4.31 Å². The van der Waals surface area contributed by atoms with E-state index in [9.17, 15) is 13.2 Å². The molecule has 0 saturated carbocycles. The molecule has 1 amide bonds. The van der Waals surface area contributed by atoms with Gasteiger partial charge in [-0.05, 0) is 35.9 Å². The van der Waals surface area contributed by atoms with Gasteiger partial charge in [0, 0.05) is 22.8 Å². The zero-order valence-corrected chi connectivity index (χ0v) is 17.6. The number of amides is 1. The van der Waals surface area contributed by atoms with Crippen molar-refractivity contribution in [3.8, 4) is 11.1 Å². The molecule has 3 aromatic rings. The first-order chi connectivity index (χ1) is 13.4. The molecule has 1 N–H and O–H groups in total. The van der Waals surface area contributed by atoms with Gasteiger partial charge < -0.3 is 5.32 Å². The summed E-state index contributed by atoms with van der Waals surface area (Å²) in [5.74, 6) is -0.411. The third kappa shape index (κ3) is 4.67. The van der Waals surface area contributed by atoms with Crippen LogP contribution in [0.3, 0.4) is 0 Å². The van der Waals surface area contributed by atoms with Gasteiger partial charge in [-0.15, -0.1) is 0 Å². The summed E-state index contributed by atoms with van der Waals surface area (Å²) in [6.45, 7) is -0.290. The van der Waals surface area contributed by atoms with Crippen LogP contribution >= 0.6 is 15.9 Å². The number of halogens is 1. The number of sulfonamides is 1. The Morgan fingerprint density at radius 2 is 1.54 bits per heavy atom. The van der Waals surface area contributed by atoms with Gasteiger partial charge in [0.2, 0.25) is 15.9 Å². The van der Waals surface area contributed by atoms with Crippen LogP contribution in [-0.2, 0) is 14.8 Å². The normalized spacial score (nSPS) is 11.4. The van der Waals surface area contributed by atoms with Crippen LogP contribution in [0.15, 0.2) is 88.2 Å². The summed E-state index contributed by atoms with van der Waals surface area (Å²) in [5, 5.41) is 2.82. The highest BCUT2D eigenvalue weighted by molar-refractivity contribution is 9.10. The molecule has 0 heterocycles. The van der Waals surface area contributed by atoms with E-state index < -0.39 is 15.9 Å². The summed E-state index contributed by atoms with van der Waals surface area (Å²) >= 11 is 3.28. The van der Waals surface area contributed by atoms with Crippen molar-refractivity contribution in [1.29, 1.82) is 0 Å². The molecule has 3 aromatic carbocycles. The molecule has 0 aliphatic heterocycles. The lowest BCUT2D eigenvalue weighted by Gasteiger charge is -2.18. The average molecular weight is 459 g/mol. The van der Waals surface area contributed by atoms with E-state index in [0.717, 1.165) is 19.9 Å². The van der Waals surface area contributed by atoms with Gasteiger partial charge in [-0.3, -0.25) is 4.79 Å². The van der Waals surface area contributed by atoms with E-state index in [1.807, 2.05) is 48.5 Å². The number of rotatable bonds is 6. The van der Waals surface area contributed by atoms with E-state index in [0.29, 0.717) is 5.69 Å². The molecule has 0 unspecified atom stereocenters. The Morgan fingerprint density at radius 3 is 2.21 bits per heavy atom. The van der Waals surface area contributed by atoms with Crippen molar-refractivity contribution in [3.05, 3.63) is 83.3 Å². The highest BCUT2D eigenvalue weighted by Crippen LogP contribution is 2.27. The van der Waals surface area contributed by atoms with Crippen LogP contribution in [0, 0.1) is 0 Å². The molecule has 144 valence electrons. The topological polar surface area (TPSA) is 66.5 Å². The predicted octanol–water partition coefficient (Wildman–Crippen LogP) is 4.38. The molecular weight excluding hydrogens is 440 g/mol. The van der Waals surface area contributed by atoms with Crippen molar-refractivity contribution in [1.82, 2.24) is 4.31 Å². The van der Waals surface area contributed by atoms with Gasteiger partial charge >= 0.3 is 0 Å². The molecular formula is C21H19BrN2O3S. The lowest BCUT2D eigenvalue weighted by atomic mass is 10.0. The lowest BCUT2D eigenvalue weighted by Crippen LogP contribution is -2.35. The first kappa shape index (κ1) is 20.3. The van der Waals surface area contributed by atoms with E-state index in [-0.39, 0.29) is 11.4 Å². The number of likely N-dealkylation sites (N-methyl/N-ethyl adjacent to an activating group) is 1. The second-order valence-electron chi connectivity index (χ2n) is 6.17. The molecule has 0 saturated heterocycles. The molecule has 3 rings (SSSR count). The number of hydrogen-bond donors (Lipinski definition) is 1.